The minimum Gasteiger partial charge on any atom is -0.338 e. The molecule has 0 fully saturated rings. The maximum atomic E-state index is 11.9. The molecule has 1 aliphatic carbocycles. The van der Waals surface area contributed by atoms with Crippen LogP contribution in [0.2, 0.25) is 0 Å². The van der Waals surface area contributed by atoms with Crippen molar-refractivity contribution in [3.63, 3.8) is 0 Å². The third kappa shape index (κ3) is 2.23. The van der Waals surface area contributed by atoms with Gasteiger partial charge in [-0.05, 0) is 12.8 Å². The minimum atomic E-state index is 0.123. The van der Waals surface area contributed by atoms with Gasteiger partial charge in [-0.25, -0.2) is 4.98 Å². The topological polar surface area (TPSA) is 61.9 Å². The van der Waals surface area contributed by atoms with Gasteiger partial charge in [-0.2, -0.15) is 5.10 Å². The van der Waals surface area contributed by atoms with E-state index in [1.165, 1.54) is 6.33 Å². The number of aromatic amines is 1. The van der Waals surface area contributed by atoms with Gasteiger partial charge in [0, 0.05) is 13.0 Å². The largest absolute Gasteiger partial charge is 0.338 e. The number of allylic oxidation sites excluding steroid dienone is 2. The summed E-state index contributed by atoms with van der Waals surface area (Å²) in [7, 11) is 1.79. The highest BCUT2D eigenvalue weighted by Crippen LogP contribution is 2.20. The van der Waals surface area contributed by atoms with Crippen molar-refractivity contribution in [1.82, 2.24) is 20.1 Å². The molecule has 1 aliphatic rings. The van der Waals surface area contributed by atoms with E-state index in [0.29, 0.717) is 6.54 Å². The second-order valence-corrected chi connectivity index (χ2v) is 3.77. The molecule has 0 saturated heterocycles. The second kappa shape index (κ2) is 4.25. The predicted molar refractivity (Wildman–Crippen MR) is 54.7 cm³/mol. The SMILES string of the molecule is CN(Cc1ncn[nH]1)C(=O)C1CC=CC1. The molecule has 5 heteroatoms. The molecule has 0 saturated carbocycles. The van der Waals surface area contributed by atoms with Crippen LogP contribution in [0.5, 0.6) is 0 Å². The van der Waals surface area contributed by atoms with E-state index in [1.54, 1.807) is 11.9 Å². The van der Waals surface area contributed by atoms with Crippen LogP contribution in [-0.4, -0.2) is 33.0 Å². The molecule has 0 unspecified atom stereocenters. The van der Waals surface area contributed by atoms with Gasteiger partial charge in [0.15, 0.2) is 0 Å². The Hall–Kier alpha value is -1.65. The zero-order chi connectivity index (χ0) is 10.7. The Morgan fingerprint density at radius 3 is 2.93 bits per heavy atom. The molecule has 1 aromatic heterocycles. The standard InChI is InChI=1S/C10H14N4O/c1-14(6-9-11-7-12-13-9)10(15)8-4-2-3-5-8/h2-3,7-8H,4-6H2,1H3,(H,11,12,13). The fourth-order valence-corrected chi connectivity index (χ4v) is 1.74. The molecule has 0 atom stereocenters. The van der Waals surface area contributed by atoms with Crippen molar-refractivity contribution < 1.29 is 4.79 Å². The molecule has 15 heavy (non-hydrogen) atoms. The van der Waals surface area contributed by atoms with E-state index >= 15 is 0 Å². The Bertz CT molecular complexity index is 350. The zero-order valence-electron chi connectivity index (χ0n) is 8.68. The number of nitrogens with one attached hydrogen (secondary N) is 1. The molecule has 0 radical (unpaired) electrons. The summed E-state index contributed by atoms with van der Waals surface area (Å²) in [6.45, 7) is 0.495. The first-order valence-corrected chi connectivity index (χ1v) is 5.01. The van der Waals surface area contributed by atoms with Crippen LogP contribution in [0.15, 0.2) is 18.5 Å². The summed E-state index contributed by atoms with van der Waals surface area (Å²) in [5.41, 5.74) is 0. The van der Waals surface area contributed by atoms with Gasteiger partial charge in [-0.1, -0.05) is 12.2 Å². The average molecular weight is 206 g/mol. The highest BCUT2D eigenvalue weighted by atomic mass is 16.2. The van der Waals surface area contributed by atoms with Gasteiger partial charge in [0.05, 0.1) is 6.54 Å². The molecule has 1 N–H and O–H groups in total. The van der Waals surface area contributed by atoms with Crippen molar-refractivity contribution in [1.29, 1.82) is 0 Å². The monoisotopic (exact) mass is 206 g/mol. The number of hydrogen-bond acceptors (Lipinski definition) is 3. The van der Waals surface area contributed by atoms with Crippen LogP contribution in [0.4, 0.5) is 0 Å². The van der Waals surface area contributed by atoms with Gasteiger partial charge < -0.3 is 4.90 Å². The number of amides is 1. The van der Waals surface area contributed by atoms with Crippen LogP contribution in [0, 0.1) is 5.92 Å². The normalized spacial score (nSPS) is 15.8. The Kier molecular flexibility index (Phi) is 2.80. The van der Waals surface area contributed by atoms with Gasteiger partial charge in [-0.3, -0.25) is 9.89 Å². The first-order valence-electron chi connectivity index (χ1n) is 5.01. The molecule has 2 rings (SSSR count). The summed E-state index contributed by atoms with van der Waals surface area (Å²) in [6.07, 6.45) is 7.29. The summed E-state index contributed by atoms with van der Waals surface area (Å²) in [4.78, 5) is 17.6. The lowest BCUT2D eigenvalue weighted by atomic mass is 10.1. The van der Waals surface area contributed by atoms with Crippen molar-refractivity contribution in [2.45, 2.75) is 19.4 Å². The van der Waals surface area contributed by atoms with E-state index in [1.807, 2.05) is 0 Å². The maximum Gasteiger partial charge on any atom is 0.226 e. The van der Waals surface area contributed by atoms with Crippen molar-refractivity contribution in [2.75, 3.05) is 7.05 Å². The third-order valence-corrected chi connectivity index (χ3v) is 2.59. The third-order valence-electron chi connectivity index (χ3n) is 2.59. The highest BCUT2D eigenvalue weighted by Gasteiger charge is 2.22. The van der Waals surface area contributed by atoms with E-state index in [4.69, 9.17) is 0 Å². The predicted octanol–water partition coefficient (Wildman–Crippen LogP) is 0.729. The van der Waals surface area contributed by atoms with E-state index in [0.717, 1.165) is 18.7 Å². The van der Waals surface area contributed by atoms with Crippen LogP contribution >= 0.6 is 0 Å². The molecule has 0 spiro atoms. The minimum absolute atomic E-state index is 0.123. The van der Waals surface area contributed by atoms with E-state index < -0.39 is 0 Å². The van der Waals surface area contributed by atoms with Crippen molar-refractivity contribution in [2.24, 2.45) is 5.92 Å². The number of rotatable bonds is 3. The van der Waals surface area contributed by atoms with E-state index in [-0.39, 0.29) is 11.8 Å². The molecular formula is C10H14N4O. The summed E-state index contributed by atoms with van der Waals surface area (Å²) in [6, 6.07) is 0. The van der Waals surface area contributed by atoms with Crippen LogP contribution in [0.25, 0.3) is 0 Å². The Morgan fingerprint density at radius 1 is 1.60 bits per heavy atom. The average Bonchev–Trinajstić information content (AvgIpc) is 2.88. The molecule has 1 heterocycles. The maximum absolute atomic E-state index is 11.9. The Balaban J connectivity index is 1.90. The van der Waals surface area contributed by atoms with Gasteiger partial charge in [0.25, 0.3) is 0 Å². The summed E-state index contributed by atoms with van der Waals surface area (Å²) >= 11 is 0. The van der Waals surface area contributed by atoms with Crippen molar-refractivity contribution in [3.05, 3.63) is 24.3 Å². The summed E-state index contributed by atoms with van der Waals surface area (Å²) < 4.78 is 0. The number of H-pyrrole nitrogens is 1. The lowest BCUT2D eigenvalue weighted by Crippen LogP contribution is -2.31. The van der Waals surface area contributed by atoms with E-state index in [2.05, 4.69) is 27.3 Å². The quantitative estimate of drug-likeness (QED) is 0.741. The lowest BCUT2D eigenvalue weighted by molar-refractivity contribution is -0.134. The smallest absolute Gasteiger partial charge is 0.226 e. The van der Waals surface area contributed by atoms with Crippen molar-refractivity contribution >= 4 is 5.91 Å². The summed E-state index contributed by atoms with van der Waals surface area (Å²) in [5, 5.41) is 6.49. The van der Waals surface area contributed by atoms with Gasteiger partial charge in [-0.15, -0.1) is 0 Å². The van der Waals surface area contributed by atoms with Crippen LogP contribution in [0.1, 0.15) is 18.7 Å². The molecule has 0 aliphatic heterocycles. The first-order chi connectivity index (χ1) is 7.27. The Labute approximate surface area is 88.2 Å². The number of hydrogen-bond donors (Lipinski definition) is 1. The van der Waals surface area contributed by atoms with Crippen LogP contribution in [-0.2, 0) is 11.3 Å². The molecule has 1 aromatic rings. The van der Waals surface area contributed by atoms with Crippen LogP contribution in [0.3, 0.4) is 0 Å². The number of nitrogens with zero attached hydrogens (tertiary/aromatic N) is 3. The zero-order valence-corrected chi connectivity index (χ0v) is 8.68. The number of aromatic nitrogens is 3. The molecular weight excluding hydrogens is 192 g/mol. The molecule has 80 valence electrons. The number of carbonyl (C=O) groups is 1. The lowest BCUT2D eigenvalue weighted by Gasteiger charge is -2.19. The fourth-order valence-electron chi connectivity index (χ4n) is 1.74. The van der Waals surface area contributed by atoms with Gasteiger partial charge in [0.2, 0.25) is 5.91 Å². The first kappa shape index (κ1) is 9.89. The fraction of sp³-hybridized carbons (Fsp3) is 0.500. The van der Waals surface area contributed by atoms with Crippen LogP contribution < -0.4 is 0 Å². The van der Waals surface area contributed by atoms with Gasteiger partial charge >= 0.3 is 0 Å². The van der Waals surface area contributed by atoms with E-state index in [9.17, 15) is 4.79 Å². The molecule has 0 aromatic carbocycles. The number of carbonyl (C=O) groups excluding carboxylic acids is 1. The molecule has 5 nitrogen and oxygen atoms in total. The summed E-state index contributed by atoms with van der Waals surface area (Å²) in [5.74, 6) is 1.02. The highest BCUT2D eigenvalue weighted by molar-refractivity contribution is 5.79. The second-order valence-electron chi connectivity index (χ2n) is 3.77. The Morgan fingerprint density at radius 2 is 2.33 bits per heavy atom. The van der Waals surface area contributed by atoms with Crippen molar-refractivity contribution in [3.8, 4) is 0 Å². The molecule has 1 amide bonds. The molecule has 0 bridgehead atoms. The van der Waals surface area contributed by atoms with Gasteiger partial charge in [0.1, 0.15) is 12.2 Å².